The van der Waals surface area contributed by atoms with Crippen molar-refractivity contribution >= 4 is 5.97 Å². The van der Waals surface area contributed by atoms with Crippen molar-refractivity contribution in [3.8, 4) is 0 Å². The number of hydrogen-bond donors (Lipinski definition) is 1. The number of carbonyl (C=O) groups excluding carboxylic acids is 1. The normalized spacial score (nSPS) is 12.1. The second kappa shape index (κ2) is 6.70. The van der Waals surface area contributed by atoms with Gasteiger partial charge in [0.2, 0.25) is 0 Å². The second-order valence-electron chi connectivity index (χ2n) is 3.96. The van der Waals surface area contributed by atoms with Crippen LogP contribution in [0.4, 0.5) is 0 Å². The fourth-order valence-electron chi connectivity index (χ4n) is 1.74. The van der Waals surface area contributed by atoms with Crippen LogP contribution in [0, 0.1) is 0 Å². The first-order chi connectivity index (χ1) is 9.31. The zero-order chi connectivity index (χ0) is 13.5. The molecule has 5 heteroatoms. The van der Waals surface area contributed by atoms with Gasteiger partial charge in [-0.05, 0) is 12.5 Å². The third-order valence-electron chi connectivity index (χ3n) is 2.63. The molecule has 1 unspecified atom stereocenters. The molecule has 2 rings (SSSR count). The molecule has 1 aromatic carbocycles. The molecule has 0 aliphatic rings. The van der Waals surface area contributed by atoms with E-state index in [9.17, 15) is 4.79 Å². The van der Waals surface area contributed by atoms with Crippen LogP contribution in [-0.2, 0) is 16.1 Å². The molecule has 5 nitrogen and oxygen atoms in total. The molecule has 1 N–H and O–H groups in total. The molecule has 0 spiro atoms. The minimum absolute atomic E-state index is 0.298. The van der Waals surface area contributed by atoms with Crippen LogP contribution in [0.3, 0.4) is 0 Å². The van der Waals surface area contributed by atoms with E-state index >= 15 is 0 Å². The minimum atomic E-state index is -0.508. The maximum atomic E-state index is 12.0. The molecule has 0 aliphatic heterocycles. The molecule has 1 atom stereocenters. The number of nitrogens with one attached hydrogen (secondary N) is 1. The predicted octanol–water partition coefficient (Wildman–Crippen LogP) is 2.07. The van der Waals surface area contributed by atoms with Gasteiger partial charge >= 0.3 is 5.97 Å². The maximum Gasteiger partial charge on any atom is 0.327 e. The van der Waals surface area contributed by atoms with Crippen LogP contribution in [0.1, 0.15) is 24.3 Å². The predicted molar refractivity (Wildman–Crippen MR) is 69.2 cm³/mol. The van der Waals surface area contributed by atoms with E-state index in [0.29, 0.717) is 18.9 Å². The van der Waals surface area contributed by atoms with E-state index in [1.165, 1.54) is 0 Å². The van der Waals surface area contributed by atoms with Crippen molar-refractivity contribution in [3.63, 3.8) is 0 Å². The van der Waals surface area contributed by atoms with E-state index in [-0.39, 0.29) is 5.97 Å². The molecule has 0 fully saturated rings. The molecule has 100 valence electrons. The van der Waals surface area contributed by atoms with Crippen molar-refractivity contribution < 1.29 is 14.1 Å². The third kappa shape index (κ3) is 3.66. The Labute approximate surface area is 111 Å². The summed E-state index contributed by atoms with van der Waals surface area (Å²) < 4.78 is 10.1. The van der Waals surface area contributed by atoms with Crippen LogP contribution >= 0.6 is 0 Å². The monoisotopic (exact) mass is 260 g/mol. The summed E-state index contributed by atoms with van der Waals surface area (Å²) in [4.78, 5) is 12.0. The molecule has 0 radical (unpaired) electrons. The summed E-state index contributed by atoms with van der Waals surface area (Å²) in [5.74, 6) is 0.374. The summed E-state index contributed by atoms with van der Waals surface area (Å²) in [6.45, 7) is 2.56. The lowest BCUT2D eigenvalue weighted by atomic mass is 10.1. The van der Waals surface area contributed by atoms with Crippen LogP contribution in [0.5, 0.6) is 0 Å². The van der Waals surface area contributed by atoms with Crippen LogP contribution in [0.2, 0.25) is 0 Å². The second-order valence-corrected chi connectivity index (χ2v) is 3.96. The van der Waals surface area contributed by atoms with Crippen molar-refractivity contribution in [2.24, 2.45) is 0 Å². The average molecular weight is 260 g/mol. The average Bonchev–Trinajstić information content (AvgIpc) is 2.94. The van der Waals surface area contributed by atoms with E-state index in [4.69, 9.17) is 9.26 Å². The van der Waals surface area contributed by atoms with Gasteiger partial charge in [0.05, 0.1) is 19.3 Å². The smallest absolute Gasteiger partial charge is 0.327 e. The molecule has 2 aromatic rings. The van der Waals surface area contributed by atoms with Gasteiger partial charge in [0, 0.05) is 6.07 Å². The highest BCUT2D eigenvalue weighted by Crippen LogP contribution is 2.15. The molecule has 0 saturated carbocycles. The van der Waals surface area contributed by atoms with Crippen molar-refractivity contribution in [1.82, 2.24) is 10.5 Å². The van der Waals surface area contributed by atoms with Gasteiger partial charge in [-0.25, -0.2) is 4.79 Å². The van der Waals surface area contributed by atoms with Crippen LogP contribution < -0.4 is 5.32 Å². The molecule has 19 heavy (non-hydrogen) atoms. The lowest BCUT2D eigenvalue weighted by Gasteiger charge is -2.16. The highest BCUT2D eigenvalue weighted by Gasteiger charge is 2.21. The minimum Gasteiger partial charge on any atom is -0.465 e. The lowest BCUT2D eigenvalue weighted by Crippen LogP contribution is -2.29. The van der Waals surface area contributed by atoms with E-state index < -0.39 is 6.04 Å². The Morgan fingerprint density at radius 1 is 1.37 bits per heavy atom. The van der Waals surface area contributed by atoms with Gasteiger partial charge in [0.15, 0.2) is 0 Å². The maximum absolute atomic E-state index is 12.0. The molecule has 0 saturated heterocycles. The fraction of sp³-hybridized carbons (Fsp3) is 0.286. The number of rotatable bonds is 6. The topological polar surface area (TPSA) is 64.4 Å². The van der Waals surface area contributed by atoms with Gasteiger partial charge in [-0.1, -0.05) is 35.5 Å². The molecule has 0 amide bonds. The largest absolute Gasteiger partial charge is 0.465 e. The van der Waals surface area contributed by atoms with Crippen LogP contribution in [0.15, 0.2) is 47.1 Å². The van der Waals surface area contributed by atoms with Crippen molar-refractivity contribution in [3.05, 3.63) is 53.9 Å². The number of nitrogens with zero attached hydrogens (tertiary/aromatic N) is 1. The van der Waals surface area contributed by atoms with Crippen molar-refractivity contribution in [2.45, 2.75) is 19.5 Å². The standard InChI is InChI=1S/C14H16N2O3/c1-2-18-14(17)13(11-6-4-3-5-7-11)15-10-12-8-9-16-19-12/h3-9,13,15H,2,10H2,1H3. The number of esters is 1. The van der Waals surface area contributed by atoms with Gasteiger partial charge < -0.3 is 9.26 Å². The van der Waals surface area contributed by atoms with Gasteiger partial charge in [-0.3, -0.25) is 5.32 Å². The first kappa shape index (κ1) is 13.3. The molecular weight excluding hydrogens is 244 g/mol. The van der Waals surface area contributed by atoms with Gasteiger partial charge in [-0.15, -0.1) is 0 Å². The molecule has 0 aliphatic carbocycles. The van der Waals surface area contributed by atoms with Crippen molar-refractivity contribution in [1.29, 1.82) is 0 Å². The van der Waals surface area contributed by atoms with Gasteiger partial charge in [0.1, 0.15) is 11.8 Å². The first-order valence-corrected chi connectivity index (χ1v) is 6.15. The Morgan fingerprint density at radius 2 is 2.16 bits per heavy atom. The Bertz CT molecular complexity index is 497. The van der Waals surface area contributed by atoms with E-state index in [1.54, 1.807) is 19.2 Å². The molecule has 1 aromatic heterocycles. The zero-order valence-corrected chi connectivity index (χ0v) is 10.7. The summed E-state index contributed by atoms with van der Waals surface area (Å²) in [6, 6.07) is 10.7. The Morgan fingerprint density at radius 3 is 2.79 bits per heavy atom. The van der Waals surface area contributed by atoms with Gasteiger partial charge in [-0.2, -0.15) is 0 Å². The summed E-state index contributed by atoms with van der Waals surface area (Å²) in [5.41, 5.74) is 0.862. The summed E-state index contributed by atoms with van der Waals surface area (Å²) >= 11 is 0. The van der Waals surface area contributed by atoms with Gasteiger partial charge in [0.25, 0.3) is 0 Å². The quantitative estimate of drug-likeness (QED) is 0.805. The summed E-state index contributed by atoms with van der Waals surface area (Å²) in [5, 5.41) is 6.74. The fourth-order valence-corrected chi connectivity index (χ4v) is 1.74. The lowest BCUT2D eigenvalue weighted by molar-refractivity contribution is -0.145. The summed E-state index contributed by atoms with van der Waals surface area (Å²) in [6.07, 6.45) is 1.57. The Kier molecular flexibility index (Phi) is 4.69. The highest BCUT2D eigenvalue weighted by molar-refractivity contribution is 5.77. The number of aromatic nitrogens is 1. The zero-order valence-electron chi connectivity index (χ0n) is 10.7. The SMILES string of the molecule is CCOC(=O)C(NCc1ccno1)c1ccccc1. The first-order valence-electron chi connectivity index (χ1n) is 6.15. The number of carbonyl (C=O) groups is 1. The Hall–Kier alpha value is -2.14. The molecule has 1 heterocycles. The van der Waals surface area contributed by atoms with Crippen LogP contribution in [0.25, 0.3) is 0 Å². The molecular formula is C14H16N2O3. The molecule has 0 bridgehead atoms. The van der Waals surface area contributed by atoms with E-state index in [2.05, 4.69) is 10.5 Å². The van der Waals surface area contributed by atoms with E-state index in [0.717, 1.165) is 5.56 Å². The van der Waals surface area contributed by atoms with Crippen molar-refractivity contribution in [2.75, 3.05) is 6.61 Å². The van der Waals surface area contributed by atoms with Crippen LogP contribution in [-0.4, -0.2) is 17.7 Å². The number of benzene rings is 1. The Balaban J connectivity index is 2.08. The van der Waals surface area contributed by atoms with E-state index in [1.807, 2.05) is 30.3 Å². The number of hydrogen-bond acceptors (Lipinski definition) is 5. The third-order valence-corrected chi connectivity index (χ3v) is 2.63. The summed E-state index contributed by atoms with van der Waals surface area (Å²) in [7, 11) is 0. The highest BCUT2D eigenvalue weighted by atomic mass is 16.5. The number of ether oxygens (including phenoxy) is 1.